The predicted molar refractivity (Wildman–Crippen MR) is 81.1 cm³/mol. The Balaban J connectivity index is 2.02. The maximum absolute atomic E-state index is 11.6. The second-order valence-electron chi connectivity index (χ2n) is 5.15. The Morgan fingerprint density at radius 2 is 2.14 bits per heavy atom. The van der Waals surface area contributed by atoms with Crippen LogP contribution < -0.4 is 14.4 Å². The number of benzene rings is 1. The van der Waals surface area contributed by atoms with Crippen LogP contribution in [0.25, 0.3) is 0 Å². The Labute approximate surface area is 125 Å². The highest BCUT2D eigenvalue weighted by atomic mass is 16.5. The van der Waals surface area contributed by atoms with E-state index in [1.54, 1.807) is 14.2 Å². The number of carbonyl (C=O) groups is 1. The van der Waals surface area contributed by atoms with Gasteiger partial charge in [0.15, 0.2) is 0 Å². The van der Waals surface area contributed by atoms with Crippen molar-refractivity contribution in [1.29, 1.82) is 0 Å². The van der Waals surface area contributed by atoms with Gasteiger partial charge in [-0.05, 0) is 31.4 Å². The lowest BCUT2D eigenvalue weighted by Crippen LogP contribution is -2.21. The minimum absolute atomic E-state index is 0.106. The van der Waals surface area contributed by atoms with E-state index in [9.17, 15) is 4.79 Å². The number of methoxy groups -OCH3 is 2. The Hall–Kier alpha value is -1.91. The van der Waals surface area contributed by atoms with Crippen LogP contribution in [0.4, 0.5) is 5.69 Å². The number of esters is 1. The third kappa shape index (κ3) is 3.80. The molecule has 1 saturated heterocycles. The minimum Gasteiger partial charge on any atom is -0.497 e. The van der Waals surface area contributed by atoms with Gasteiger partial charge in [-0.15, -0.1) is 0 Å². The molecule has 116 valence electrons. The lowest BCUT2D eigenvalue weighted by molar-refractivity contribution is -0.144. The Morgan fingerprint density at radius 1 is 1.33 bits per heavy atom. The van der Waals surface area contributed by atoms with Crippen molar-refractivity contribution in [2.24, 2.45) is 5.92 Å². The number of rotatable bonds is 6. The van der Waals surface area contributed by atoms with Crippen molar-refractivity contribution in [3.05, 3.63) is 18.2 Å². The highest BCUT2D eigenvalue weighted by molar-refractivity contribution is 5.70. The van der Waals surface area contributed by atoms with Gasteiger partial charge in [-0.3, -0.25) is 4.79 Å². The molecule has 1 aliphatic heterocycles. The van der Waals surface area contributed by atoms with Crippen molar-refractivity contribution in [1.82, 2.24) is 0 Å². The van der Waals surface area contributed by atoms with Gasteiger partial charge in [0, 0.05) is 19.2 Å². The summed E-state index contributed by atoms with van der Waals surface area (Å²) >= 11 is 0. The molecule has 0 aromatic heterocycles. The SMILES string of the molecule is CCOC(=O)CC1CCN(c2ccc(OC)cc2OC)C1. The molecule has 5 nitrogen and oxygen atoms in total. The van der Waals surface area contributed by atoms with Gasteiger partial charge >= 0.3 is 5.97 Å². The summed E-state index contributed by atoms with van der Waals surface area (Å²) in [6.45, 7) is 4.05. The molecule has 1 fully saturated rings. The largest absolute Gasteiger partial charge is 0.497 e. The number of anilines is 1. The molecule has 1 heterocycles. The summed E-state index contributed by atoms with van der Waals surface area (Å²) in [7, 11) is 3.30. The fourth-order valence-electron chi connectivity index (χ4n) is 2.72. The maximum atomic E-state index is 11.6. The predicted octanol–water partition coefficient (Wildman–Crippen LogP) is 2.48. The standard InChI is InChI=1S/C16H23NO4/c1-4-21-16(18)9-12-7-8-17(11-12)14-6-5-13(19-2)10-15(14)20-3/h5-6,10,12H,4,7-9,11H2,1-3H3. The van der Waals surface area contributed by atoms with Crippen LogP contribution in [-0.4, -0.2) is 39.9 Å². The molecule has 5 heteroatoms. The number of nitrogens with zero attached hydrogens (tertiary/aromatic N) is 1. The van der Waals surface area contributed by atoms with Crippen LogP contribution >= 0.6 is 0 Å². The summed E-state index contributed by atoms with van der Waals surface area (Å²) in [6, 6.07) is 5.81. The Morgan fingerprint density at radius 3 is 2.81 bits per heavy atom. The minimum atomic E-state index is -0.106. The summed E-state index contributed by atoms with van der Waals surface area (Å²) < 4.78 is 15.7. The van der Waals surface area contributed by atoms with Crippen LogP contribution in [0.5, 0.6) is 11.5 Å². The molecule has 2 rings (SSSR count). The average Bonchev–Trinajstić information content (AvgIpc) is 2.94. The molecule has 0 bridgehead atoms. The van der Waals surface area contributed by atoms with E-state index in [1.165, 1.54) is 0 Å². The van der Waals surface area contributed by atoms with E-state index in [2.05, 4.69) is 4.90 Å². The van der Waals surface area contributed by atoms with Crippen LogP contribution in [0.15, 0.2) is 18.2 Å². The molecule has 0 saturated carbocycles. The average molecular weight is 293 g/mol. The quantitative estimate of drug-likeness (QED) is 0.754. The van der Waals surface area contributed by atoms with Crippen molar-refractivity contribution in [2.75, 3.05) is 38.8 Å². The summed E-state index contributed by atoms with van der Waals surface area (Å²) in [6.07, 6.45) is 1.48. The van der Waals surface area contributed by atoms with Gasteiger partial charge in [-0.1, -0.05) is 0 Å². The van der Waals surface area contributed by atoms with Gasteiger partial charge in [0.25, 0.3) is 0 Å². The van der Waals surface area contributed by atoms with Crippen LogP contribution in [0.2, 0.25) is 0 Å². The smallest absolute Gasteiger partial charge is 0.306 e. The molecular formula is C16H23NO4. The molecule has 0 aliphatic carbocycles. The zero-order chi connectivity index (χ0) is 15.2. The fraction of sp³-hybridized carbons (Fsp3) is 0.562. The van der Waals surface area contributed by atoms with E-state index in [0.717, 1.165) is 36.7 Å². The first kappa shape index (κ1) is 15.5. The van der Waals surface area contributed by atoms with Gasteiger partial charge in [0.1, 0.15) is 11.5 Å². The van der Waals surface area contributed by atoms with E-state index in [4.69, 9.17) is 14.2 Å². The van der Waals surface area contributed by atoms with E-state index in [-0.39, 0.29) is 5.97 Å². The monoisotopic (exact) mass is 293 g/mol. The number of hydrogen-bond acceptors (Lipinski definition) is 5. The summed E-state index contributed by atoms with van der Waals surface area (Å²) in [5.41, 5.74) is 1.05. The highest BCUT2D eigenvalue weighted by Gasteiger charge is 2.27. The number of carbonyl (C=O) groups excluding carboxylic acids is 1. The molecule has 1 aromatic rings. The molecule has 1 aromatic carbocycles. The van der Waals surface area contributed by atoms with Gasteiger partial charge < -0.3 is 19.1 Å². The number of hydrogen-bond donors (Lipinski definition) is 0. The van der Waals surface area contributed by atoms with Crippen molar-refractivity contribution in [3.63, 3.8) is 0 Å². The maximum Gasteiger partial charge on any atom is 0.306 e. The first-order chi connectivity index (χ1) is 10.2. The topological polar surface area (TPSA) is 48.0 Å². The number of ether oxygens (including phenoxy) is 3. The Kier molecular flexibility index (Phi) is 5.31. The lowest BCUT2D eigenvalue weighted by atomic mass is 10.1. The van der Waals surface area contributed by atoms with Crippen LogP contribution in [0, 0.1) is 5.92 Å². The Bertz CT molecular complexity index is 489. The molecule has 21 heavy (non-hydrogen) atoms. The fourth-order valence-corrected chi connectivity index (χ4v) is 2.72. The van der Waals surface area contributed by atoms with Crippen molar-refractivity contribution >= 4 is 11.7 Å². The molecule has 1 aliphatic rings. The van der Waals surface area contributed by atoms with Crippen LogP contribution in [-0.2, 0) is 9.53 Å². The highest BCUT2D eigenvalue weighted by Crippen LogP contribution is 2.35. The van der Waals surface area contributed by atoms with E-state index < -0.39 is 0 Å². The second kappa shape index (κ2) is 7.20. The zero-order valence-electron chi connectivity index (χ0n) is 12.9. The van der Waals surface area contributed by atoms with Crippen LogP contribution in [0.3, 0.4) is 0 Å². The van der Waals surface area contributed by atoms with Gasteiger partial charge in [-0.25, -0.2) is 0 Å². The normalized spacial score (nSPS) is 17.7. The first-order valence-corrected chi connectivity index (χ1v) is 7.30. The third-order valence-corrected chi connectivity index (χ3v) is 3.77. The first-order valence-electron chi connectivity index (χ1n) is 7.30. The second-order valence-corrected chi connectivity index (χ2v) is 5.15. The molecule has 1 atom stereocenters. The van der Waals surface area contributed by atoms with Crippen molar-refractivity contribution < 1.29 is 19.0 Å². The molecule has 0 radical (unpaired) electrons. The van der Waals surface area contributed by atoms with Gasteiger partial charge in [0.05, 0.1) is 32.9 Å². The van der Waals surface area contributed by atoms with Crippen molar-refractivity contribution in [3.8, 4) is 11.5 Å². The molecular weight excluding hydrogens is 270 g/mol. The summed E-state index contributed by atoms with van der Waals surface area (Å²) in [5.74, 6) is 1.81. The molecule has 0 amide bonds. The third-order valence-electron chi connectivity index (χ3n) is 3.77. The van der Waals surface area contributed by atoms with Gasteiger partial charge in [-0.2, -0.15) is 0 Å². The van der Waals surface area contributed by atoms with E-state index >= 15 is 0 Å². The van der Waals surface area contributed by atoms with E-state index in [0.29, 0.717) is 18.9 Å². The molecule has 0 spiro atoms. The van der Waals surface area contributed by atoms with Crippen LogP contribution in [0.1, 0.15) is 19.8 Å². The van der Waals surface area contributed by atoms with Crippen molar-refractivity contribution in [2.45, 2.75) is 19.8 Å². The molecule has 0 N–H and O–H groups in total. The van der Waals surface area contributed by atoms with E-state index in [1.807, 2.05) is 25.1 Å². The molecule has 1 unspecified atom stereocenters. The van der Waals surface area contributed by atoms with Gasteiger partial charge in [0.2, 0.25) is 0 Å². The summed E-state index contributed by atoms with van der Waals surface area (Å²) in [5, 5.41) is 0. The zero-order valence-corrected chi connectivity index (χ0v) is 12.9. The summed E-state index contributed by atoms with van der Waals surface area (Å²) in [4.78, 5) is 13.8. The lowest BCUT2D eigenvalue weighted by Gasteiger charge is -2.21.